The Bertz CT molecular complexity index is 266. The molecule has 0 spiro atoms. The summed E-state index contributed by atoms with van der Waals surface area (Å²) in [6.07, 6.45) is 0. The smallest absolute Gasteiger partial charge is 0.165 e. The summed E-state index contributed by atoms with van der Waals surface area (Å²) in [6.45, 7) is 0.605. The van der Waals surface area contributed by atoms with Crippen molar-refractivity contribution in [2.75, 3.05) is 20.3 Å². The van der Waals surface area contributed by atoms with Crippen LogP contribution in [0.25, 0.3) is 0 Å². The van der Waals surface area contributed by atoms with Crippen LogP contribution in [0.1, 0.15) is 5.56 Å². The second-order valence-corrected chi connectivity index (χ2v) is 2.72. The lowest BCUT2D eigenvalue weighted by molar-refractivity contribution is 0.195. The van der Waals surface area contributed by atoms with E-state index in [9.17, 15) is 0 Å². The number of methoxy groups -OCH3 is 1. The van der Waals surface area contributed by atoms with Gasteiger partial charge in [0.25, 0.3) is 0 Å². The molecule has 0 aliphatic heterocycles. The zero-order valence-corrected chi connectivity index (χ0v) is 8.19. The van der Waals surface area contributed by atoms with Crippen molar-refractivity contribution in [3.05, 3.63) is 23.8 Å². The molecule has 0 saturated heterocycles. The van der Waals surface area contributed by atoms with Gasteiger partial charge in [0.1, 0.15) is 6.61 Å². The van der Waals surface area contributed by atoms with Crippen molar-refractivity contribution in [3.8, 4) is 11.5 Å². The molecule has 1 aromatic rings. The Morgan fingerprint density at radius 1 is 1.43 bits per heavy atom. The molecular formula is C10H15NO3. The van der Waals surface area contributed by atoms with E-state index in [4.69, 9.17) is 20.3 Å². The van der Waals surface area contributed by atoms with Gasteiger partial charge < -0.3 is 20.3 Å². The topological polar surface area (TPSA) is 64.7 Å². The van der Waals surface area contributed by atoms with Gasteiger partial charge in [-0.3, -0.25) is 0 Å². The van der Waals surface area contributed by atoms with Gasteiger partial charge in [-0.05, 0) is 6.07 Å². The Balaban J connectivity index is 2.93. The highest BCUT2D eigenvalue weighted by Gasteiger charge is 2.08. The van der Waals surface area contributed by atoms with E-state index >= 15 is 0 Å². The molecule has 0 saturated carbocycles. The van der Waals surface area contributed by atoms with Crippen LogP contribution in [-0.2, 0) is 6.54 Å². The highest BCUT2D eigenvalue weighted by Crippen LogP contribution is 2.30. The van der Waals surface area contributed by atoms with Gasteiger partial charge in [0, 0.05) is 12.1 Å². The molecule has 0 aliphatic rings. The third-order valence-electron chi connectivity index (χ3n) is 1.84. The van der Waals surface area contributed by atoms with Crippen molar-refractivity contribution >= 4 is 0 Å². The van der Waals surface area contributed by atoms with Crippen LogP contribution in [-0.4, -0.2) is 25.4 Å². The molecule has 0 unspecified atom stereocenters. The van der Waals surface area contributed by atoms with Gasteiger partial charge in [-0.25, -0.2) is 0 Å². The molecule has 4 heteroatoms. The summed E-state index contributed by atoms with van der Waals surface area (Å²) in [5, 5.41) is 8.66. The minimum Gasteiger partial charge on any atom is -0.493 e. The third-order valence-corrected chi connectivity index (χ3v) is 1.84. The van der Waals surface area contributed by atoms with E-state index in [1.54, 1.807) is 13.2 Å². The molecule has 0 heterocycles. The van der Waals surface area contributed by atoms with Crippen LogP contribution in [0, 0.1) is 0 Å². The van der Waals surface area contributed by atoms with E-state index in [0.29, 0.717) is 18.0 Å². The molecule has 0 atom stereocenters. The molecule has 4 nitrogen and oxygen atoms in total. The van der Waals surface area contributed by atoms with Crippen molar-refractivity contribution in [3.63, 3.8) is 0 Å². The summed E-state index contributed by atoms with van der Waals surface area (Å²) in [4.78, 5) is 0. The van der Waals surface area contributed by atoms with Gasteiger partial charge in [0.15, 0.2) is 11.5 Å². The van der Waals surface area contributed by atoms with E-state index < -0.39 is 0 Å². The number of hydrogen-bond acceptors (Lipinski definition) is 4. The van der Waals surface area contributed by atoms with Crippen LogP contribution >= 0.6 is 0 Å². The van der Waals surface area contributed by atoms with Gasteiger partial charge in [-0.2, -0.15) is 0 Å². The Morgan fingerprint density at radius 2 is 2.21 bits per heavy atom. The zero-order valence-electron chi connectivity index (χ0n) is 8.19. The number of rotatable bonds is 5. The lowest BCUT2D eigenvalue weighted by atomic mass is 10.2. The fourth-order valence-corrected chi connectivity index (χ4v) is 1.19. The molecule has 1 aromatic carbocycles. The highest BCUT2D eigenvalue weighted by atomic mass is 16.5. The summed E-state index contributed by atoms with van der Waals surface area (Å²) >= 11 is 0. The minimum atomic E-state index is -0.0257. The molecule has 14 heavy (non-hydrogen) atoms. The van der Waals surface area contributed by atoms with Gasteiger partial charge >= 0.3 is 0 Å². The Morgan fingerprint density at radius 3 is 2.79 bits per heavy atom. The van der Waals surface area contributed by atoms with Crippen LogP contribution in [0.3, 0.4) is 0 Å². The summed E-state index contributed by atoms with van der Waals surface area (Å²) in [6, 6.07) is 5.52. The van der Waals surface area contributed by atoms with E-state index in [0.717, 1.165) is 5.56 Å². The maximum absolute atomic E-state index is 8.66. The minimum absolute atomic E-state index is 0.0257. The highest BCUT2D eigenvalue weighted by molar-refractivity contribution is 5.46. The van der Waals surface area contributed by atoms with Gasteiger partial charge in [-0.1, -0.05) is 12.1 Å². The first-order valence-electron chi connectivity index (χ1n) is 4.43. The number of aliphatic hydroxyl groups excluding tert-OH is 1. The predicted octanol–water partition coefficient (Wildman–Crippen LogP) is 0.525. The zero-order chi connectivity index (χ0) is 10.4. The molecule has 0 bridgehead atoms. The molecule has 0 aromatic heterocycles. The summed E-state index contributed by atoms with van der Waals surface area (Å²) in [7, 11) is 1.57. The number of benzene rings is 1. The molecule has 0 aliphatic carbocycles. The van der Waals surface area contributed by atoms with Crippen LogP contribution in [0.15, 0.2) is 18.2 Å². The number of para-hydroxylation sites is 1. The standard InChI is InChI=1S/C10H15NO3/c1-13-9-4-2-3-8(7-11)10(9)14-6-5-12/h2-4,12H,5-7,11H2,1H3. The molecular weight excluding hydrogens is 182 g/mol. The summed E-state index contributed by atoms with van der Waals surface area (Å²) < 4.78 is 10.5. The number of aliphatic hydroxyl groups is 1. The molecule has 3 N–H and O–H groups in total. The first-order valence-corrected chi connectivity index (χ1v) is 4.43. The maximum Gasteiger partial charge on any atom is 0.165 e. The monoisotopic (exact) mass is 197 g/mol. The second kappa shape index (κ2) is 5.47. The SMILES string of the molecule is COc1cccc(CN)c1OCCO. The van der Waals surface area contributed by atoms with Crippen LogP contribution in [0.5, 0.6) is 11.5 Å². The molecule has 0 fully saturated rings. The average molecular weight is 197 g/mol. The predicted molar refractivity (Wildman–Crippen MR) is 53.5 cm³/mol. The van der Waals surface area contributed by atoms with Crippen LogP contribution < -0.4 is 15.2 Å². The van der Waals surface area contributed by atoms with Crippen molar-refractivity contribution in [1.82, 2.24) is 0 Å². The number of hydrogen-bond donors (Lipinski definition) is 2. The Labute approximate surface area is 83.3 Å². The van der Waals surface area contributed by atoms with E-state index in [1.165, 1.54) is 0 Å². The average Bonchev–Trinajstić information content (AvgIpc) is 2.25. The van der Waals surface area contributed by atoms with Crippen molar-refractivity contribution < 1.29 is 14.6 Å². The van der Waals surface area contributed by atoms with Gasteiger partial charge in [0.2, 0.25) is 0 Å². The lowest BCUT2D eigenvalue weighted by Crippen LogP contribution is -2.07. The number of nitrogens with two attached hydrogens (primary N) is 1. The largest absolute Gasteiger partial charge is 0.493 e. The van der Waals surface area contributed by atoms with E-state index in [-0.39, 0.29) is 13.2 Å². The second-order valence-electron chi connectivity index (χ2n) is 2.72. The van der Waals surface area contributed by atoms with E-state index in [2.05, 4.69) is 0 Å². The quantitative estimate of drug-likeness (QED) is 0.722. The van der Waals surface area contributed by atoms with Crippen molar-refractivity contribution in [1.29, 1.82) is 0 Å². The van der Waals surface area contributed by atoms with Gasteiger partial charge in [-0.15, -0.1) is 0 Å². The first-order chi connectivity index (χ1) is 6.83. The Hall–Kier alpha value is -1.26. The molecule has 1 rings (SSSR count). The Kier molecular flexibility index (Phi) is 4.22. The van der Waals surface area contributed by atoms with Crippen molar-refractivity contribution in [2.24, 2.45) is 5.73 Å². The lowest BCUT2D eigenvalue weighted by Gasteiger charge is -2.13. The fraction of sp³-hybridized carbons (Fsp3) is 0.400. The normalized spacial score (nSPS) is 9.93. The third kappa shape index (κ3) is 2.37. The van der Waals surface area contributed by atoms with E-state index in [1.807, 2.05) is 12.1 Å². The summed E-state index contributed by atoms with van der Waals surface area (Å²) in [5.41, 5.74) is 6.42. The van der Waals surface area contributed by atoms with Crippen LogP contribution in [0.2, 0.25) is 0 Å². The number of ether oxygens (including phenoxy) is 2. The fourth-order valence-electron chi connectivity index (χ4n) is 1.19. The van der Waals surface area contributed by atoms with Gasteiger partial charge in [0.05, 0.1) is 13.7 Å². The summed E-state index contributed by atoms with van der Waals surface area (Å²) in [5.74, 6) is 1.26. The molecule has 0 amide bonds. The van der Waals surface area contributed by atoms with Crippen molar-refractivity contribution in [2.45, 2.75) is 6.54 Å². The molecule has 0 radical (unpaired) electrons. The first kappa shape index (κ1) is 10.8. The molecule has 78 valence electrons. The maximum atomic E-state index is 8.66. The van der Waals surface area contributed by atoms with Crippen LogP contribution in [0.4, 0.5) is 0 Å².